The highest BCUT2D eigenvalue weighted by atomic mass is 16.2. The summed E-state index contributed by atoms with van der Waals surface area (Å²) >= 11 is 0. The van der Waals surface area contributed by atoms with Crippen molar-refractivity contribution in [3.05, 3.63) is 0 Å². The van der Waals surface area contributed by atoms with Crippen LogP contribution >= 0.6 is 0 Å². The van der Waals surface area contributed by atoms with Crippen molar-refractivity contribution in [2.24, 2.45) is 0 Å². The smallest absolute Gasteiger partial charge is 0.328 e. The highest BCUT2D eigenvalue weighted by molar-refractivity contribution is 6.08. The van der Waals surface area contributed by atoms with E-state index in [1.54, 1.807) is 4.90 Å². The van der Waals surface area contributed by atoms with E-state index in [0.717, 1.165) is 25.7 Å². The Hall–Kier alpha value is -1.59. The first kappa shape index (κ1) is 12.2. The van der Waals surface area contributed by atoms with Gasteiger partial charge in [0.25, 0.3) is 5.91 Å². The SMILES string of the molecule is C[C@]12CCCN1C(=O)N([C@H]1CC(=O)N(C3CC3)C1)C2=O. The van der Waals surface area contributed by atoms with Gasteiger partial charge in [-0.2, -0.15) is 0 Å². The fourth-order valence-electron chi connectivity index (χ4n) is 3.91. The maximum atomic E-state index is 12.6. The minimum absolute atomic E-state index is 0.0929. The second kappa shape index (κ2) is 3.74. The average molecular weight is 277 g/mol. The Morgan fingerprint density at radius 2 is 1.90 bits per heavy atom. The first-order chi connectivity index (χ1) is 9.52. The summed E-state index contributed by atoms with van der Waals surface area (Å²) in [5.41, 5.74) is -0.660. The maximum Gasteiger partial charge on any atom is 0.328 e. The molecule has 0 unspecified atom stereocenters. The third kappa shape index (κ3) is 1.42. The Morgan fingerprint density at radius 3 is 2.55 bits per heavy atom. The number of hydrogen-bond acceptors (Lipinski definition) is 3. The van der Waals surface area contributed by atoms with Crippen LogP contribution in [-0.2, 0) is 9.59 Å². The normalized spacial score (nSPS) is 37.4. The summed E-state index contributed by atoms with van der Waals surface area (Å²) in [6.07, 6.45) is 4.05. The molecule has 0 bridgehead atoms. The Labute approximate surface area is 117 Å². The summed E-state index contributed by atoms with van der Waals surface area (Å²) in [5, 5.41) is 0. The topological polar surface area (TPSA) is 60.9 Å². The van der Waals surface area contributed by atoms with Gasteiger partial charge >= 0.3 is 6.03 Å². The molecule has 2 atom stereocenters. The van der Waals surface area contributed by atoms with Gasteiger partial charge in [-0.05, 0) is 32.6 Å². The number of nitrogens with zero attached hydrogens (tertiary/aromatic N) is 3. The molecule has 4 amide bonds. The zero-order valence-electron chi connectivity index (χ0n) is 11.7. The van der Waals surface area contributed by atoms with E-state index in [2.05, 4.69) is 0 Å². The van der Waals surface area contributed by atoms with E-state index >= 15 is 0 Å². The number of urea groups is 1. The molecule has 0 aromatic carbocycles. The fourth-order valence-corrected chi connectivity index (χ4v) is 3.91. The molecule has 6 nitrogen and oxygen atoms in total. The van der Waals surface area contributed by atoms with Gasteiger partial charge in [0, 0.05) is 25.6 Å². The molecule has 1 saturated carbocycles. The standard InChI is InChI=1S/C14H19N3O3/c1-14-5-2-6-16(14)13(20)17(12(14)19)10-7-11(18)15(8-10)9-3-4-9/h9-10H,2-8H2,1H3/t10-,14+/m0/s1. The molecule has 20 heavy (non-hydrogen) atoms. The maximum absolute atomic E-state index is 12.6. The van der Waals surface area contributed by atoms with E-state index in [1.807, 2.05) is 11.8 Å². The van der Waals surface area contributed by atoms with Crippen molar-refractivity contribution in [2.75, 3.05) is 13.1 Å². The van der Waals surface area contributed by atoms with E-state index in [-0.39, 0.29) is 23.9 Å². The number of fused-ring (bicyclic) bond motifs is 1. The van der Waals surface area contributed by atoms with Crippen LogP contribution in [0.1, 0.15) is 39.0 Å². The lowest BCUT2D eigenvalue weighted by Crippen LogP contribution is -2.45. The summed E-state index contributed by atoms with van der Waals surface area (Å²) in [4.78, 5) is 42.1. The molecule has 0 aromatic heterocycles. The quantitative estimate of drug-likeness (QED) is 0.693. The van der Waals surface area contributed by atoms with Crippen LogP contribution in [0.4, 0.5) is 4.79 Å². The lowest BCUT2D eigenvalue weighted by atomic mass is 9.99. The van der Waals surface area contributed by atoms with E-state index in [9.17, 15) is 14.4 Å². The van der Waals surface area contributed by atoms with Crippen molar-refractivity contribution in [3.63, 3.8) is 0 Å². The van der Waals surface area contributed by atoms with Crippen molar-refractivity contribution in [3.8, 4) is 0 Å². The van der Waals surface area contributed by atoms with Crippen molar-refractivity contribution >= 4 is 17.8 Å². The van der Waals surface area contributed by atoms with E-state index < -0.39 is 5.54 Å². The van der Waals surface area contributed by atoms with Gasteiger partial charge in [-0.3, -0.25) is 14.5 Å². The molecule has 0 radical (unpaired) electrons. The Kier molecular flexibility index (Phi) is 2.28. The number of rotatable bonds is 2. The predicted octanol–water partition coefficient (Wildman–Crippen LogP) is 0.566. The van der Waals surface area contributed by atoms with E-state index in [0.29, 0.717) is 25.6 Å². The third-order valence-electron chi connectivity index (χ3n) is 5.25. The van der Waals surface area contributed by atoms with Gasteiger partial charge in [0.1, 0.15) is 5.54 Å². The molecular weight excluding hydrogens is 258 g/mol. The summed E-state index contributed by atoms with van der Waals surface area (Å²) < 4.78 is 0. The molecule has 6 heteroatoms. The van der Waals surface area contributed by atoms with Crippen LogP contribution < -0.4 is 0 Å². The lowest BCUT2D eigenvalue weighted by Gasteiger charge is -2.23. The van der Waals surface area contributed by atoms with Crippen molar-refractivity contribution in [2.45, 2.75) is 56.7 Å². The molecule has 0 aromatic rings. The van der Waals surface area contributed by atoms with Gasteiger partial charge in [-0.15, -0.1) is 0 Å². The van der Waals surface area contributed by atoms with Crippen LogP contribution in [0, 0.1) is 0 Å². The van der Waals surface area contributed by atoms with E-state index in [4.69, 9.17) is 0 Å². The second-order valence-corrected chi connectivity index (χ2v) is 6.62. The number of carbonyl (C=O) groups excluding carboxylic acids is 3. The van der Waals surface area contributed by atoms with Crippen LogP contribution in [0.3, 0.4) is 0 Å². The van der Waals surface area contributed by atoms with Crippen LogP contribution in [-0.4, -0.2) is 63.3 Å². The molecular formula is C14H19N3O3. The molecule has 4 fully saturated rings. The molecule has 3 heterocycles. The highest BCUT2D eigenvalue weighted by Gasteiger charge is 2.59. The molecule has 3 saturated heterocycles. The largest absolute Gasteiger partial charge is 0.338 e. The highest BCUT2D eigenvalue weighted by Crippen LogP contribution is 2.40. The van der Waals surface area contributed by atoms with Gasteiger partial charge in [0.15, 0.2) is 0 Å². The molecule has 1 aliphatic carbocycles. The van der Waals surface area contributed by atoms with Gasteiger partial charge in [-0.25, -0.2) is 4.79 Å². The second-order valence-electron chi connectivity index (χ2n) is 6.62. The number of likely N-dealkylation sites (tertiary alicyclic amines) is 1. The Morgan fingerprint density at radius 1 is 1.15 bits per heavy atom. The van der Waals surface area contributed by atoms with Gasteiger partial charge in [0.05, 0.1) is 6.04 Å². The molecule has 0 N–H and O–H groups in total. The molecule has 0 spiro atoms. The fraction of sp³-hybridized carbons (Fsp3) is 0.786. The van der Waals surface area contributed by atoms with Gasteiger partial charge in [-0.1, -0.05) is 0 Å². The van der Waals surface area contributed by atoms with Crippen molar-refractivity contribution in [1.29, 1.82) is 0 Å². The molecule has 4 aliphatic rings. The number of carbonyl (C=O) groups is 3. The number of hydrogen-bond donors (Lipinski definition) is 0. The Bertz CT molecular complexity index is 516. The van der Waals surface area contributed by atoms with E-state index in [1.165, 1.54) is 4.90 Å². The number of amides is 4. The third-order valence-corrected chi connectivity index (χ3v) is 5.25. The first-order valence-corrected chi connectivity index (χ1v) is 7.47. The lowest BCUT2D eigenvalue weighted by molar-refractivity contribution is -0.133. The van der Waals surface area contributed by atoms with Gasteiger partial charge in [0.2, 0.25) is 5.91 Å². The zero-order chi connectivity index (χ0) is 14.1. The summed E-state index contributed by atoms with van der Waals surface area (Å²) in [7, 11) is 0. The predicted molar refractivity (Wildman–Crippen MR) is 69.7 cm³/mol. The summed E-state index contributed by atoms with van der Waals surface area (Å²) in [6, 6.07) is -0.0910. The van der Waals surface area contributed by atoms with Crippen molar-refractivity contribution in [1.82, 2.24) is 14.7 Å². The monoisotopic (exact) mass is 277 g/mol. The van der Waals surface area contributed by atoms with Gasteiger partial charge < -0.3 is 9.80 Å². The van der Waals surface area contributed by atoms with Crippen molar-refractivity contribution < 1.29 is 14.4 Å². The van der Waals surface area contributed by atoms with Crippen LogP contribution in [0.15, 0.2) is 0 Å². The minimum atomic E-state index is -0.660. The van der Waals surface area contributed by atoms with Crippen LogP contribution in [0.5, 0.6) is 0 Å². The first-order valence-electron chi connectivity index (χ1n) is 7.47. The zero-order valence-corrected chi connectivity index (χ0v) is 11.7. The molecule has 108 valence electrons. The average Bonchev–Trinajstić information content (AvgIpc) is 3.02. The molecule has 3 aliphatic heterocycles. The van der Waals surface area contributed by atoms with Crippen LogP contribution in [0.2, 0.25) is 0 Å². The minimum Gasteiger partial charge on any atom is -0.338 e. The molecule has 4 rings (SSSR count). The van der Waals surface area contributed by atoms with Crippen LogP contribution in [0.25, 0.3) is 0 Å². The summed E-state index contributed by atoms with van der Waals surface area (Å²) in [6.45, 7) is 3.05. The Balaban J connectivity index is 1.59. The number of imide groups is 1. The summed E-state index contributed by atoms with van der Waals surface area (Å²) in [5.74, 6) is -0.00856.